The van der Waals surface area contributed by atoms with Crippen molar-refractivity contribution < 1.29 is 42.6 Å². The van der Waals surface area contributed by atoms with Crippen molar-refractivity contribution in [2.75, 3.05) is 43.5 Å². The number of non-ortho nitro benzene ring substituents is 1. The molecule has 3 aromatic carbocycles. The van der Waals surface area contributed by atoms with Crippen LogP contribution in [0.25, 0.3) is 0 Å². The molecule has 0 aliphatic carbocycles. The Labute approximate surface area is 243 Å². The van der Waals surface area contributed by atoms with Crippen LogP contribution in [0.1, 0.15) is 15.9 Å². The van der Waals surface area contributed by atoms with Crippen LogP contribution < -0.4 is 15.0 Å². The highest BCUT2D eigenvalue weighted by Crippen LogP contribution is 2.22. The zero-order chi connectivity index (χ0) is 31.6. The number of nitro benzene ring substituents is 1. The van der Waals surface area contributed by atoms with Crippen molar-refractivity contribution in [2.45, 2.75) is 12.7 Å². The van der Waals surface area contributed by atoms with E-state index in [1.807, 2.05) is 24.3 Å². The molecule has 12 nitrogen and oxygen atoms in total. The van der Waals surface area contributed by atoms with Gasteiger partial charge in [-0.3, -0.25) is 10.1 Å². The Hall–Kier alpha value is -5.34. The number of nitrogens with one attached hydrogen (secondary N) is 1. The summed E-state index contributed by atoms with van der Waals surface area (Å²) in [7, 11) is 1.63. The average Bonchev–Trinajstić information content (AvgIpc) is 2.99. The van der Waals surface area contributed by atoms with Crippen molar-refractivity contribution in [1.29, 1.82) is 0 Å². The number of guanidine groups is 1. The van der Waals surface area contributed by atoms with Gasteiger partial charge in [0.25, 0.3) is 5.69 Å². The predicted molar refractivity (Wildman–Crippen MR) is 152 cm³/mol. The number of hydrogen-bond donors (Lipinski definition) is 3. The number of aliphatic carboxylic acids is 1. The molecule has 3 N–H and O–H groups in total. The second-order valence-corrected chi connectivity index (χ2v) is 9.05. The second-order valence-electron chi connectivity index (χ2n) is 9.05. The highest BCUT2D eigenvalue weighted by Gasteiger charge is 2.38. The summed E-state index contributed by atoms with van der Waals surface area (Å²) in [4.78, 5) is 39.8. The van der Waals surface area contributed by atoms with E-state index in [1.54, 1.807) is 43.5 Å². The molecular weight excluding hydrogens is 575 g/mol. The van der Waals surface area contributed by atoms with E-state index in [2.05, 4.69) is 15.1 Å². The zero-order valence-corrected chi connectivity index (χ0v) is 22.8. The van der Waals surface area contributed by atoms with Gasteiger partial charge in [-0.15, -0.1) is 0 Å². The third-order valence-corrected chi connectivity index (χ3v) is 6.18. The van der Waals surface area contributed by atoms with Gasteiger partial charge in [-0.1, -0.05) is 12.1 Å². The molecule has 0 bridgehead atoms. The smallest absolute Gasteiger partial charge is 0.490 e. The number of hydrogen-bond acceptors (Lipinski definition) is 7. The fourth-order valence-electron chi connectivity index (χ4n) is 3.94. The van der Waals surface area contributed by atoms with E-state index < -0.39 is 23.0 Å². The maximum atomic E-state index is 11.2. The number of rotatable bonds is 7. The molecule has 0 amide bonds. The first-order valence-corrected chi connectivity index (χ1v) is 12.7. The van der Waals surface area contributed by atoms with Crippen molar-refractivity contribution in [3.8, 4) is 5.75 Å². The van der Waals surface area contributed by atoms with Crippen LogP contribution >= 0.6 is 0 Å². The molecule has 0 radical (unpaired) electrons. The third kappa shape index (κ3) is 9.62. The number of nitrogens with zero attached hydrogens (tertiary/aromatic N) is 4. The Morgan fingerprint density at radius 3 is 2.12 bits per heavy atom. The Kier molecular flexibility index (Phi) is 10.9. The maximum Gasteiger partial charge on any atom is 0.490 e. The van der Waals surface area contributed by atoms with E-state index in [0.29, 0.717) is 25.6 Å². The van der Waals surface area contributed by atoms with E-state index in [0.717, 1.165) is 35.8 Å². The number of carboxylic acid groups (broad SMARTS) is 2. The van der Waals surface area contributed by atoms with Gasteiger partial charge in [-0.05, 0) is 54.1 Å². The third-order valence-electron chi connectivity index (χ3n) is 6.18. The van der Waals surface area contributed by atoms with Gasteiger partial charge in [-0.2, -0.15) is 13.2 Å². The first-order chi connectivity index (χ1) is 20.4. The van der Waals surface area contributed by atoms with Gasteiger partial charge in [0.1, 0.15) is 5.75 Å². The number of methoxy groups -OCH3 is 1. The summed E-state index contributed by atoms with van der Waals surface area (Å²) >= 11 is 0. The highest BCUT2D eigenvalue weighted by atomic mass is 19.4. The largest absolute Gasteiger partial charge is 0.497 e. The Morgan fingerprint density at radius 1 is 1.00 bits per heavy atom. The molecule has 1 saturated heterocycles. The van der Waals surface area contributed by atoms with E-state index in [4.69, 9.17) is 19.6 Å². The van der Waals surface area contributed by atoms with Gasteiger partial charge < -0.3 is 30.1 Å². The SMILES string of the molecule is COc1cccc(CN=C(Nc2ccc(C(=O)O)cc2)N2CCN(c3ccc([N+](=O)[O-])cc3)CC2)c1.O=C(O)C(F)(F)F. The van der Waals surface area contributed by atoms with Gasteiger partial charge >= 0.3 is 18.1 Å². The van der Waals surface area contributed by atoms with Gasteiger partial charge in [0.15, 0.2) is 5.96 Å². The second kappa shape index (κ2) is 14.5. The monoisotopic (exact) mass is 603 g/mol. The first kappa shape index (κ1) is 32.2. The molecule has 15 heteroatoms. The first-order valence-electron chi connectivity index (χ1n) is 12.7. The summed E-state index contributed by atoms with van der Waals surface area (Å²) in [6.45, 7) is 3.25. The summed E-state index contributed by atoms with van der Waals surface area (Å²) in [5.74, 6) is -2.29. The Balaban J connectivity index is 0.000000646. The van der Waals surface area contributed by atoms with Crippen LogP contribution in [0.2, 0.25) is 0 Å². The standard InChI is InChI=1S/C26H27N5O5.C2HF3O2/c1-36-24-4-2-3-19(17-24)18-27-26(28-21-7-5-20(6-8-21)25(32)33)30-15-13-29(14-16-30)22-9-11-23(12-10-22)31(34)35;3-2(4,5)1(6)7/h2-12,17H,13-16,18H2,1H3,(H,27,28)(H,32,33);(H,6,7). The summed E-state index contributed by atoms with van der Waals surface area (Å²) in [5.41, 5.74) is 2.96. The van der Waals surface area contributed by atoms with Gasteiger partial charge in [0, 0.05) is 49.7 Å². The predicted octanol–water partition coefficient (Wildman–Crippen LogP) is 4.73. The summed E-state index contributed by atoms with van der Waals surface area (Å²) in [6, 6.07) is 20.9. The number of halogens is 3. The molecule has 0 atom stereocenters. The average molecular weight is 604 g/mol. The van der Waals surface area contributed by atoms with Crippen LogP contribution in [-0.4, -0.2) is 77.4 Å². The summed E-state index contributed by atoms with van der Waals surface area (Å²) < 4.78 is 37.0. The molecular formula is C28H28F3N5O7. The number of aromatic carboxylic acids is 1. The lowest BCUT2D eigenvalue weighted by Gasteiger charge is -2.37. The molecule has 3 aromatic rings. The van der Waals surface area contributed by atoms with Crippen molar-refractivity contribution in [3.63, 3.8) is 0 Å². The topological polar surface area (TPSA) is 158 Å². The normalized spacial score (nSPS) is 13.4. The number of anilines is 2. The number of carbonyl (C=O) groups is 2. The highest BCUT2D eigenvalue weighted by molar-refractivity contribution is 5.95. The van der Waals surface area contributed by atoms with Crippen molar-refractivity contribution in [3.05, 3.63) is 94.0 Å². The fraction of sp³-hybridized carbons (Fsp3) is 0.250. The lowest BCUT2D eigenvalue weighted by molar-refractivity contribution is -0.384. The van der Waals surface area contributed by atoms with Gasteiger partial charge in [0.2, 0.25) is 0 Å². The molecule has 0 spiro atoms. The quantitative estimate of drug-likeness (QED) is 0.149. The van der Waals surface area contributed by atoms with E-state index in [9.17, 15) is 33.2 Å². The molecule has 1 aliphatic rings. The Morgan fingerprint density at radius 2 is 1.60 bits per heavy atom. The minimum absolute atomic E-state index is 0.0717. The lowest BCUT2D eigenvalue weighted by Crippen LogP contribution is -2.50. The minimum Gasteiger partial charge on any atom is -0.497 e. The van der Waals surface area contributed by atoms with Crippen LogP contribution in [0.15, 0.2) is 77.8 Å². The molecule has 4 rings (SSSR count). The Bertz CT molecular complexity index is 1440. The number of carboxylic acids is 2. The van der Waals surface area contributed by atoms with Crippen LogP contribution in [0.5, 0.6) is 5.75 Å². The fourth-order valence-corrected chi connectivity index (χ4v) is 3.94. The van der Waals surface area contributed by atoms with Crippen molar-refractivity contribution >= 4 is 35.0 Å². The van der Waals surface area contributed by atoms with Crippen LogP contribution in [0.3, 0.4) is 0 Å². The summed E-state index contributed by atoms with van der Waals surface area (Å²) in [5, 5.41) is 30.6. The summed E-state index contributed by atoms with van der Waals surface area (Å²) in [6.07, 6.45) is -5.08. The molecule has 0 unspecified atom stereocenters. The number of piperazine rings is 1. The zero-order valence-electron chi connectivity index (χ0n) is 22.8. The van der Waals surface area contributed by atoms with Crippen LogP contribution in [0.4, 0.5) is 30.2 Å². The van der Waals surface area contributed by atoms with E-state index in [1.165, 1.54) is 12.1 Å². The molecule has 43 heavy (non-hydrogen) atoms. The number of alkyl halides is 3. The molecule has 0 aromatic heterocycles. The molecule has 0 saturated carbocycles. The van der Waals surface area contributed by atoms with E-state index >= 15 is 0 Å². The molecule has 1 heterocycles. The van der Waals surface area contributed by atoms with Gasteiger partial charge in [-0.25, -0.2) is 14.6 Å². The number of aliphatic imine (C=N–C) groups is 1. The molecule has 1 aliphatic heterocycles. The van der Waals surface area contributed by atoms with Crippen molar-refractivity contribution in [2.24, 2.45) is 4.99 Å². The lowest BCUT2D eigenvalue weighted by atomic mass is 10.2. The van der Waals surface area contributed by atoms with E-state index in [-0.39, 0.29) is 11.3 Å². The number of ether oxygens (including phenoxy) is 1. The molecule has 1 fully saturated rings. The molecule has 228 valence electrons. The minimum atomic E-state index is -5.08. The van der Waals surface area contributed by atoms with Crippen LogP contribution in [0, 0.1) is 10.1 Å². The number of nitro groups is 1. The number of benzene rings is 3. The van der Waals surface area contributed by atoms with Gasteiger partial charge in [0.05, 0.1) is 24.1 Å². The maximum absolute atomic E-state index is 11.2. The van der Waals surface area contributed by atoms with Crippen molar-refractivity contribution in [1.82, 2.24) is 4.90 Å². The van der Waals surface area contributed by atoms with Crippen LogP contribution in [-0.2, 0) is 11.3 Å².